The van der Waals surface area contributed by atoms with E-state index in [1.807, 2.05) is 13.1 Å². The van der Waals surface area contributed by atoms with E-state index < -0.39 is 0 Å². The standard InChI is InChI=1S/C23H25NO/c1-5-6-13-21(25)23-17(4)18-11-8-12-19(20(18)14-24-23)22-15(2)9-7-10-16(22)3/h7-12,14H,5-6,13H2,1-4H3. The summed E-state index contributed by atoms with van der Waals surface area (Å²) in [5.74, 6) is 0.152. The molecule has 128 valence electrons. The molecule has 25 heavy (non-hydrogen) atoms. The number of aromatic nitrogens is 1. The fourth-order valence-electron chi connectivity index (χ4n) is 3.58. The van der Waals surface area contributed by atoms with Gasteiger partial charge in [0.05, 0.1) is 0 Å². The second-order valence-corrected chi connectivity index (χ2v) is 6.79. The van der Waals surface area contributed by atoms with E-state index in [1.165, 1.54) is 22.3 Å². The summed E-state index contributed by atoms with van der Waals surface area (Å²) in [4.78, 5) is 17.0. The highest BCUT2D eigenvalue weighted by molar-refractivity contribution is 6.04. The second kappa shape index (κ2) is 7.18. The summed E-state index contributed by atoms with van der Waals surface area (Å²) < 4.78 is 0. The highest BCUT2D eigenvalue weighted by atomic mass is 16.1. The molecule has 0 aliphatic carbocycles. The van der Waals surface area contributed by atoms with Crippen LogP contribution in [0.5, 0.6) is 0 Å². The molecule has 1 heterocycles. The number of fused-ring (bicyclic) bond motifs is 1. The molecule has 0 radical (unpaired) electrons. The summed E-state index contributed by atoms with van der Waals surface area (Å²) in [5.41, 5.74) is 6.59. The number of ketones is 1. The van der Waals surface area contributed by atoms with Crippen LogP contribution in [0.3, 0.4) is 0 Å². The van der Waals surface area contributed by atoms with Crippen molar-refractivity contribution in [3.8, 4) is 11.1 Å². The first kappa shape index (κ1) is 17.3. The third kappa shape index (κ3) is 3.21. The monoisotopic (exact) mass is 331 g/mol. The van der Waals surface area contributed by atoms with Crippen molar-refractivity contribution >= 4 is 16.6 Å². The molecule has 0 saturated heterocycles. The first-order chi connectivity index (χ1) is 12.0. The van der Waals surface area contributed by atoms with Gasteiger partial charge < -0.3 is 0 Å². The third-order valence-electron chi connectivity index (χ3n) is 4.96. The van der Waals surface area contributed by atoms with Crippen molar-refractivity contribution < 1.29 is 4.79 Å². The number of nitrogens with zero attached hydrogens (tertiary/aromatic N) is 1. The number of Topliss-reactive ketones (excluding diaryl/α,β-unsaturated/α-hetero) is 1. The number of benzene rings is 2. The Balaban J connectivity index is 2.19. The van der Waals surface area contributed by atoms with E-state index in [1.54, 1.807) is 0 Å². The van der Waals surface area contributed by atoms with Crippen molar-refractivity contribution in [1.29, 1.82) is 0 Å². The van der Waals surface area contributed by atoms with E-state index in [4.69, 9.17) is 0 Å². The first-order valence-electron chi connectivity index (χ1n) is 9.02. The molecular formula is C23H25NO. The Labute approximate surface area is 149 Å². The molecule has 0 unspecified atom stereocenters. The molecule has 0 saturated carbocycles. The van der Waals surface area contributed by atoms with Crippen LogP contribution in [-0.4, -0.2) is 10.8 Å². The SMILES string of the molecule is CCCCC(=O)c1ncc2c(-c3c(C)cccc3C)cccc2c1C. The minimum absolute atomic E-state index is 0.152. The number of carbonyl (C=O) groups excluding carboxylic acids is 1. The van der Waals surface area contributed by atoms with Crippen molar-refractivity contribution in [2.45, 2.75) is 47.0 Å². The zero-order valence-corrected chi connectivity index (χ0v) is 15.5. The summed E-state index contributed by atoms with van der Waals surface area (Å²) in [6, 6.07) is 12.7. The van der Waals surface area contributed by atoms with Gasteiger partial charge in [-0.15, -0.1) is 0 Å². The average molecular weight is 331 g/mol. The van der Waals surface area contributed by atoms with Gasteiger partial charge in [-0.1, -0.05) is 49.7 Å². The minimum Gasteiger partial charge on any atom is -0.292 e. The Morgan fingerprint density at radius 2 is 1.64 bits per heavy atom. The van der Waals surface area contributed by atoms with Gasteiger partial charge >= 0.3 is 0 Å². The molecule has 3 rings (SSSR count). The van der Waals surface area contributed by atoms with Crippen LogP contribution in [0.15, 0.2) is 42.6 Å². The molecule has 0 aliphatic rings. The minimum atomic E-state index is 0.152. The Hall–Kier alpha value is -2.48. The molecule has 0 fully saturated rings. The molecule has 0 atom stereocenters. The number of pyridine rings is 1. The average Bonchev–Trinajstić information content (AvgIpc) is 2.60. The van der Waals surface area contributed by atoms with Crippen molar-refractivity contribution in [1.82, 2.24) is 4.98 Å². The molecule has 0 N–H and O–H groups in total. The molecule has 0 amide bonds. The molecule has 0 aliphatic heterocycles. The number of hydrogen-bond donors (Lipinski definition) is 0. The largest absolute Gasteiger partial charge is 0.292 e. The predicted octanol–water partition coefficient (Wildman–Crippen LogP) is 6.20. The molecule has 0 bridgehead atoms. The fourth-order valence-corrected chi connectivity index (χ4v) is 3.58. The van der Waals surface area contributed by atoms with Crippen molar-refractivity contribution in [2.24, 2.45) is 0 Å². The van der Waals surface area contributed by atoms with E-state index in [9.17, 15) is 4.79 Å². The van der Waals surface area contributed by atoms with Gasteiger partial charge in [0.1, 0.15) is 5.69 Å². The van der Waals surface area contributed by atoms with Crippen molar-refractivity contribution in [2.75, 3.05) is 0 Å². The van der Waals surface area contributed by atoms with Crippen LogP contribution < -0.4 is 0 Å². The van der Waals surface area contributed by atoms with Gasteiger partial charge in [-0.3, -0.25) is 9.78 Å². The Bertz CT molecular complexity index is 920. The van der Waals surface area contributed by atoms with Crippen molar-refractivity contribution in [3.63, 3.8) is 0 Å². The lowest BCUT2D eigenvalue weighted by atomic mass is 9.91. The highest BCUT2D eigenvalue weighted by Crippen LogP contribution is 2.34. The van der Waals surface area contributed by atoms with Crippen LogP contribution >= 0.6 is 0 Å². The van der Waals surface area contributed by atoms with Gasteiger partial charge in [0.2, 0.25) is 0 Å². The molecule has 1 aromatic heterocycles. The smallest absolute Gasteiger partial charge is 0.181 e. The normalized spacial score (nSPS) is 11.0. The summed E-state index contributed by atoms with van der Waals surface area (Å²) in [5, 5.41) is 2.24. The van der Waals surface area contributed by atoms with Gasteiger partial charge in [-0.25, -0.2) is 0 Å². The summed E-state index contributed by atoms with van der Waals surface area (Å²) >= 11 is 0. The molecule has 0 spiro atoms. The molecule has 3 aromatic rings. The molecule has 2 heteroatoms. The lowest BCUT2D eigenvalue weighted by Gasteiger charge is -2.15. The quantitative estimate of drug-likeness (QED) is 0.521. The summed E-state index contributed by atoms with van der Waals surface area (Å²) in [7, 11) is 0. The second-order valence-electron chi connectivity index (χ2n) is 6.79. The molecule has 2 nitrogen and oxygen atoms in total. The number of aryl methyl sites for hydroxylation is 3. The van der Waals surface area contributed by atoms with Crippen LogP contribution in [0.2, 0.25) is 0 Å². The van der Waals surface area contributed by atoms with E-state index in [0.717, 1.165) is 29.2 Å². The third-order valence-corrected chi connectivity index (χ3v) is 4.96. The van der Waals surface area contributed by atoms with Crippen LogP contribution in [-0.2, 0) is 0 Å². The van der Waals surface area contributed by atoms with Gasteiger partial charge in [0.25, 0.3) is 0 Å². The first-order valence-corrected chi connectivity index (χ1v) is 9.02. The Kier molecular flexibility index (Phi) is 4.98. The van der Waals surface area contributed by atoms with E-state index in [0.29, 0.717) is 12.1 Å². The lowest BCUT2D eigenvalue weighted by molar-refractivity contribution is 0.0974. The number of rotatable bonds is 5. The van der Waals surface area contributed by atoms with E-state index >= 15 is 0 Å². The zero-order valence-electron chi connectivity index (χ0n) is 15.5. The van der Waals surface area contributed by atoms with Gasteiger partial charge in [0, 0.05) is 18.0 Å². The van der Waals surface area contributed by atoms with Crippen LogP contribution in [0.25, 0.3) is 21.9 Å². The summed E-state index contributed by atoms with van der Waals surface area (Å²) in [6.45, 7) is 8.40. The highest BCUT2D eigenvalue weighted by Gasteiger charge is 2.16. The van der Waals surface area contributed by atoms with Crippen LogP contribution in [0, 0.1) is 20.8 Å². The maximum absolute atomic E-state index is 12.5. The number of carbonyl (C=O) groups is 1. The Morgan fingerprint density at radius 3 is 2.32 bits per heavy atom. The fraction of sp³-hybridized carbons (Fsp3) is 0.304. The van der Waals surface area contributed by atoms with E-state index in [-0.39, 0.29) is 5.78 Å². The van der Waals surface area contributed by atoms with Crippen LogP contribution in [0.4, 0.5) is 0 Å². The number of unbranched alkanes of at least 4 members (excludes halogenated alkanes) is 1. The van der Waals surface area contributed by atoms with Crippen molar-refractivity contribution in [3.05, 3.63) is 65.0 Å². The Morgan fingerprint density at radius 1 is 0.960 bits per heavy atom. The van der Waals surface area contributed by atoms with E-state index in [2.05, 4.69) is 62.2 Å². The molecule has 2 aromatic carbocycles. The summed E-state index contributed by atoms with van der Waals surface area (Å²) in [6.07, 6.45) is 4.39. The van der Waals surface area contributed by atoms with Gasteiger partial charge in [-0.2, -0.15) is 0 Å². The van der Waals surface area contributed by atoms with Gasteiger partial charge in [-0.05, 0) is 60.4 Å². The van der Waals surface area contributed by atoms with Gasteiger partial charge in [0.15, 0.2) is 5.78 Å². The maximum atomic E-state index is 12.5. The predicted molar refractivity (Wildman–Crippen MR) is 105 cm³/mol. The lowest BCUT2D eigenvalue weighted by Crippen LogP contribution is -2.05. The van der Waals surface area contributed by atoms with Crippen LogP contribution in [0.1, 0.15) is 53.4 Å². The molecular weight excluding hydrogens is 306 g/mol. The zero-order chi connectivity index (χ0) is 18.0. The maximum Gasteiger partial charge on any atom is 0.181 e. The topological polar surface area (TPSA) is 30.0 Å². The number of hydrogen-bond acceptors (Lipinski definition) is 2.